The molecule has 0 aliphatic heterocycles. The summed E-state index contributed by atoms with van der Waals surface area (Å²) >= 11 is 0. The predicted octanol–water partition coefficient (Wildman–Crippen LogP) is -6.25. The largest absolute Gasteiger partial charge is 1.00 e. The van der Waals surface area contributed by atoms with Crippen LogP contribution in [0, 0.1) is 0 Å². The predicted molar refractivity (Wildman–Crippen MR) is 72.4 cm³/mol. The molecule has 6 N–H and O–H groups in total. The van der Waals surface area contributed by atoms with E-state index in [1.54, 1.807) is 0 Å². The Hall–Kier alpha value is -1.18. The van der Waals surface area contributed by atoms with Crippen molar-refractivity contribution in [3.63, 3.8) is 0 Å². The summed E-state index contributed by atoms with van der Waals surface area (Å²) in [5.74, 6) is -7.67. The molecular weight excluding hydrogens is 390 g/mol. The Morgan fingerprint density at radius 3 is 1.00 bits per heavy atom. The molecule has 0 amide bonds. The van der Waals surface area contributed by atoms with Crippen LogP contribution in [0.2, 0.25) is 0 Å². The van der Waals surface area contributed by atoms with E-state index in [1.807, 2.05) is 0 Å². The van der Waals surface area contributed by atoms with Gasteiger partial charge in [0.25, 0.3) is 0 Å². The van der Waals surface area contributed by atoms with Crippen LogP contribution in [0.4, 0.5) is 0 Å². The minimum Gasteiger partial charge on any atom is -0.867 e. The molecule has 0 aromatic heterocycles. The molecule has 0 bridgehead atoms. The number of benzene rings is 2. The molecular formula is C14H10KNaO10. The second kappa shape index (κ2) is 11.5. The number of phenolic OH excluding ortho intramolecular Hbond substituents is 4. The fraction of sp³-hybridized carbons (Fsp3) is 0. The molecule has 10 nitrogen and oxygen atoms in total. The summed E-state index contributed by atoms with van der Waals surface area (Å²) in [5, 5.41) is 73.3. The maximum atomic E-state index is 10.7. The molecule has 0 fully saturated rings. The van der Waals surface area contributed by atoms with Gasteiger partial charge in [0, 0.05) is 0 Å². The van der Waals surface area contributed by atoms with Gasteiger partial charge in [-0.1, -0.05) is 0 Å². The Labute approximate surface area is 210 Å². The van der Waals surface area contributed by atoms with Crippen molar-refractivity contribution in [3.05, 3.63) is 35.4 Å². The third kappa shape index (κ3) is 7.21. The second-order valence-electron chi connectivity index (χ2n) is 4.30. The van der Waals surface area contributed by atoms with Crippen molar-refractivity contribution >= 4 is 11.9 Å². The van der Waals surface area contributed by atoms with Crippen LogP contribution in [-0.4, -0.2) is 42.6 Å². The maximum absolute atomic E-state index is 10.7. The summed E-state index contributed by atoms with van der Waals surface area (Å²) < 4.78 is 0. The molecule has 0 atom stereocenters. The Kier molecular flexibility index (Phi) is 12.0. The van der Waals surface area contributed by atoms with Crippen LogP contribution in [-0.2, 0) is 0 Å². The Balaban J connectivity index is 0. The van der Waals surface area contributed by atoms with E-state index in [2.05, 4.69) is 0 Å². The number of carbonyl (C=O) groups is 2. The third-order valence-corrected chi connectivity index (χ3v) is 2.59. The molecule has 0 unspecified atom stereocenters. The zero-order valence-corrected chi connectivity index (χ0v) is 18.7. The van der Waals surface area contributed by atoms with Crippen LogP contribution in [0.5, 0.6) is 34.5 Å². The normalized spacial score (nSPS) is 8.92. The summed E-state index contributed by atoms with van der Waals surface area (Å²) in [6.45, 7) is 0. The van der Waals surface area contributed by atoms with Gasteiger partial charge >= 0.3 is 92.9 Å². The summed E-state index contributed by atoms with van der Waals surface area (Å²) in [6.07, 6.45) is 0. The minimum atomic E-state index is -1.32. The smallest absolute Gasteiger partial charge is 0.867 e. The molecule has 0 aliphatic carbocycles. The van der Waals surface area contributed by atoms with Crippen molar-refractivity contribution in [1.82, 2.24) is 0 Å². The standard InChI is InChI=1S/2C7H6O5.K.Na/c2*8-4-1-3(7(11)12)2-5(9)6(4)10;;/h2*1-2,8-10H,(H,11,12);;/q;;2*+1/p-2. The average molecular weight is 400 g/mol. The van der Waals surface area contributed by atoms with Crippen LogP contribution >= 0.6 is 0 Å². The van der Waals surface area contributed by atoms with Crippen molar-refractivity contribution in [2.45, 2.75) is 0 Å². The van der Waals surface area contributed by atoms with Gasteiger partial charge in [0.1, 0.15) is 23.0 Å². The topological polar surface area (TPSA) is 202 Å². The van der Waals surface area contributed by atoms with Crippen molar-refractivity contribution in [2.24, 2.45) is 0 Å². The van der Waals surface area contributed by atoms with E-state index in [-0.39, 0.29) is 92.1 Å². The van der Waals surface area contributed by atoms with Gasteiger partial charge in [0.2, 0.25) is 0 Å². The first-order chi connectivity index (χ1) is 11.0. The zero-order valence-electron chi connectivity index (χ0n) is 13.6. The van der Waals surface area contributed by atoms with Crippen LogP contribution in [0.3, 0.4) is 0 Å². The van der Waals surface area contributed by atoms with Crippen LogP contribution < -0.4 is 91.2 Å². The van der Waals surface area contributed by atoms with Crippen molar-refractivity contribution in [3.8, 4) is 34.5 Å². The molecule has 12 heteroatoms. The Morgan fingerprint density at radius 1 is 0.654 bits per heavy atom. The van der Waals surface area contributed by atoms with Gasteiger partial charge in [-0.2, -0.15) is 0 Å². The number of aromatic carboxylic acids is 2. The molecule has 2 rings (SSSR count). The molecule has 0 spiro atoms. The van der Waals surface area contributed by atoms with Gasteiger partial charge in [-0.3, -0.25) is 0 Å². The molecule has 2 aromatic rings. The van der Waals surface area contributed by atoms with Gasteiger partial charge < -0.3 is 40.9 Å². The number of carboxylic acid groups (broad SMARTS) is 2. The molecule has 128 valence electrons. The molecule has 0 saturated heterocycles. The van der Waals surface area contributed by atoms with Crippen LogP contribution in [0.15, 0.2) is 24.3 Å². The van der Waals surface area contributed by atoms with E-state index in [9.17, 15) is 19.8 Å². The average Bonchev–Trinajstić information content (AvgIpc) is 2.49. The summed E-state index contributed by atoms with van der Waals surface area (Å²) in [6, 6.07) is 3.13. The number of carboxylic acids is 2. The van der Waals surface area contributed by atoms with E-state index in [1.165, 1.54) is 0 Å². The molecule has 26 heavy (non-hydrogen) atoms. The first kappa shape index (κ1) is 27.0. The molecule has 0 radical (unpaired) electrons. The SMILES string of the molecule is O=C(O)c1cc(O)c([O-])c(O)c1.O=C(O)c1cc(O)c([O-])c(O)c1.[K+].[Na+]. The summed E-state index contributed by atoms with van der Waals surface area (Å²) in [7, 11) is 0. The van der Waals surface area contributed by atoms with Crippen molar-refractivity contribution < 1.29 is 131 Å². The number of hydrogen-bond donors (Lipinski definition) is 6. The molecule has 0 aliphatic rings. The van der Waals surface area contributed by atoms with Gasteiger partial charge in [0.15, 0.2) is 0 Å². The van der Waals surface area contributed by atoms with E-state index in [4.69, 9.17) is 30.6 Å². The zero-order chi connectivity index (χ0) is 18.6. The molecule has 0 saturated carbocycles. The van der Waals surface area contributed by atoms with Crippen LogP contribution in [0.25, 0.3) is 0 Å². The van der Waals surface area contributed by atoms with E-state index >= 15 is 0 Å². The molecule has 2 aromatic carbocycles. The number of aromatic hydroxyl groups is 4. The van der Waals surface area contributed by atoms with Gasteiger partial charge in [-0.05, 0) is 35.8 Å². The summed E-state index contributed by atoms with van der Waals surface area (Å²) in [5.41, 5.74) is -0.658. The van der Waals surface area contributed by atoms with Crippen molar-refractivity contribution in [1.29, 1.82) is 0 Å². The maximum Gasteiger partial charge on any atom is 1.00 e. The van der Waals surface area contributed by atoms with Gasteiger partial charge in [-0.15, -0.1) is 0 Å². The van der Waals surface area contributed by atoms with E-state index < -0.39 is 46.4 Å². The second-order valence-corrected chi connectivity index (χ2v) is 4.30. The first-order valence-electron chi connectivity index (χ1n) is 5.97. The number of hydrogen-bond acceptors (Lipinski definition) is 8. The van der Waals surface area contributed by atoms with Crippen molar-refractivity contribution in [2.75, 3.05) is 0 Å². The van der Waals surface area contributed by atoms with E-state index in [0.717, 1.165) is 24.3 Å². The Bertz CT molecular complexity index is 695. The third-order valence-electron chi connectivity index (χ3n) is 2.59. The van der Waals surface area contributed by atoms with Gasteiger partial charge in [0.05, 0.1) is 11.1 Å². The monoisotopic (exact) mass is 400 g/mol. The number of rotatable bonds is 2. The summed E-state index contributed by atoms with van der Waals surface area (Å²) in [4.78, 5) is 20.6. The fourth-order valence-corrected chi connectivity index (χ4v) is 1.44. The van der Waals surface area contributed by atoms with Gasteiger partial charge in [-0.25, -0.2) is 9.59 Å². The first-order valence-corrected chi connectivity index (χ1v) is 5.97. The fourth-order valence-electron chi connectivity index (χ4n) is 1.44. The minimum absolute atomic E-state index is 0. The van der Waals surface area contributed by atoms with Crippen LogP contribution in [0.1, 0.15) is 20.7 Å². The van der Waals surface area contributed by atoms with E-state index in [0.29, 0.717) is 0 Å². The quantitative estimate of drug-likeness (QED) is 0.263. The Morgan fingerprint density at radius 2 is 0.846 bits per heavy atom. The number of phenols is 4. The molecule has 0 heterocycles.